The van der Waals surface area contributed by atoms with E-state index in [4.69, 9.17) is 4.74 Å². The fourth-order valence-electron chi connectivity index (χ4n) is 5.25. The van der Waals surface area contributed by atoms with Crippen molar-refractivity contribution in [2.45, 2.75) is 76.9 Å². The van der Waals surface area contributed by atoms with E-state index in [-0.39, 0.29) is 6.09 Å². The first-order valence-electron chi connectivity index (χ1n) is 10.9. The minimum atomic E-state index is -0.428. The predicted molar refractivity (Wildman–Crippen MR) is 109 cm³/mol. The molecule has 1 amide bonds. The van der Waals surface area contributed by atoms with E-state index in [9.17, 15) is 4.79 Å². The summed E-state index contributed by atoms with van der Waals surface area (Å²) < 4.78 is 6.18. The Balaban J connectivity index is 1.54. The van der Waals surface area contributed by atoms with Gasteiger partial charge in [-0.05, 0) is 24.8 Å². The van der Waals surface area contributed by atoms with Gasteiger partial charge in [0, 0.05) is 44.1 Å². The Morgan fingerprint density at radius 1 is 1.07 bits per heavy atom. The Hall–Kier alpha value is -1.55. The van der Waals surface area contributed by atoms with E-state index in [2.05, 4.69) is 36.9 Å². The van der Waals surface area contributed by atoms with Crippen LogP contribution >= 0.6 is 0 Å². The number of ether oxygens (including phenoxy) is 1. The monoisotopic (exact) mass is 370 g/mol. The summed E-state index contributed by atoms with van der Waals surface area (Å²) in [6.07, 6.45) is 9.88. The maximum absolute atomic E-state index is 12.9. The highest BCUT2D eigenvalue weighted by molar-refractivity contribution is 5.91. The van der Waals surface area contributed by atoms with Gasteiger partial charge in [-0.2, -0.15) is 0 Å². The van der Waals surface area contributed by atoms with Crippen molar-refractivity contribution in [1.29, 1.82) is 0 Å². The van der Waals surface area contributed by atoms with Crippen LogP contribution in [0.5, 0.6) is 0 Å². The Bertz CT molecular complexity index is 656. The van der Waals surface area contributed by atoms with E-state index in [0.717, 1.165) is 37.7 Å². The minimum absolute atomic E-state index is 0.162. The number of benzene rings is 1. The van der Waals surface area contributed by atoms with Gasteiger partial charge < -0.3 is 9.64 Å². The maximum atomic E-state index is 12.9. The van der Waals surface area contributed by atoms with Crippen LogP contribution in [-0.4, -0.2) is 36.7 Å². The highest BCUT2D eigenvalue weighted by atomic mass is 16.6. The lowest BCUT2D eigenvalue weighted by Crippen LogP contribution is -2.53. The lowest BCUT2D eigenvalue weighted by atomic mass is 9.81. The summed E-state index contributed by atoms with van der Waals surface area (Å²) in [5, 5.41) is 0. The van der Waals surface area contributed by atoms with Crippen molar-refractivity contribution in [3.05, 3.63) is 29.8 Å². The molecule has 0 unspecified atom stereocenters. The summed E-state index contributed by atoms with van der Waals surface area (Å²) >= 11 is 0. The van der Waals surface area contributed by atoms with Crippen LogP contribution in [0.15, 0.2) is 24.3 Å². The fourth-order valence-corrected chi connectivity index (χ4v) is 5.25. The molecule has 2 heterocycles. The zero-order valence-corrected chi connectivity index (χ0v) is 17.0. The van der Waals surface area contributed by atoms with E-state index >= 15 is 0 Å². The quantitative estimate of drug-likeness (QED) is 0.676. The van der Waals surface area contributed by atoms with Crippen LogP contribution in [-0.2, 0) is 10.3 Å². The van der Waals surface area contributed by atoms with Crippen molar-refractivity contribution in [3.63, 3.8) is 0 Å². The molecular formula is C23H34N2O2. The number of carbonyl (C=O) groups is 1. The summed E-state index contributed by atoms with van der Waals surface area (Å²) in [6.45, 7) is 7.07. The van der Waals surface area contributed by atoms with Crippen molar-refractivity contribution in [2.24, 2.45) is 5.92 Å². The molecule has 3 aliphatic rings. The van der Waals surface area contributed by atoms with Crippen LogP contribution < -0.4 is 4.90 Å². The molecule has 1 spiro atoms. The van der Waals surface area contributed by atoms with Gasteiger partial charge in [0.1, 0.15) is 5.60 Å². The fraction of sp³-hybridized carbons (Fsp3) is 0.696. The number of rotatable bonds is 3. The topological polar surface area (TPSA) is 32.8 Å². The maximum Gasteiger partial charge on any atom is 0.415 e. The summed E-state index contributed by atoms with van der Waals surface area (Å²) in [5.41, 5.74) is 1.85. The molecule has 1 aromatic carbocycles. The number of fused-ring (bicyclic) bond motifs is 2. The summed E-state index contributed by atoms with van der Waals surface area (Å²) in [7, 11) is 0. The molecule has 0 bridgehead atoms. The van der Waals surface area contributed by atoms with Crippen LogP contribution in [0.25, 0.3) is 0 Å². The van der Waals surface area contributed by atoms with Gasteiger partial charge in [0.25, 0.3) is 0 Å². The zero-order valence-electron chi connectivity index (χ0n) is 17.0. The van der Waals surface area contributed by atoms with Gasteiger partial charge in [-0.15, -0.1) is 0 Å². The number of hydrogen-bond acceptors (Lipinski definition) is 3. The lowest BCUT2D eigenvalue weighted by molar-refractivity contribution is -0.0508. The second-order valence-corrected chi connectivity index (χ2v) is 9.07. The van der Waals surface area contributed by atoms with Gasteiger partial charge in [0.15, 0.2) is 0 Å². The van der Waals surface area contributed by atoms with Gasteiger partial charge in [-0.25, -0.2) is 4.79 Å². The third-order valence-electron chi connectivity index (χ3n) is 6.68. The summed E-state index contributed by atoms with van der Waals surface area (Å²) in [4.78, 5) is 17.4. The molecule has 1 aliphatic carbocycles. The Morgan fingerprint density at radius 2 is 1.74 bits per heavy atom. The number of piperidine rings is 1. The molecule has 0 aromatic heterocycles. The largest absolute Gasteiger partial charge is 0.437 e. The van der Waals surface area contributed by atoms with Gasteiger partial charge in [0.2, 0.25) is 0 Å². The third kappa shape index (κ3) is 3.73. The second kappa shape index (κ2) is 7.83. The smallest absolute Gasteiger partial charge is 0.415 e. The highest BCUT2D eigenvalue weighted by Crippen LogP contribution is 2.46. The van der Waals surface area contributed by atoms with Crippen LogP contribution in [0.2, 0.25) is 0 Å². The molecule has 2 aliphatic heterocycles. The zero-order chi connectivity index (χ0) is 18.9. The molecule has 1 saturated carbocycles. The minimum Gasteiger partial charge on any atom is -0.437 e. The van der Waals surface area contributed by atoms with E-state index in [0.29, 0.717) is 12.5 Å². The molecular weight excluding hydrogens is 336 g/mol. The van der Waals surface area contributed by atoms with E-state index in [1.165, 1.54) is 44.1 Å². The third-order valence-corrected chi connectivity index (χ3v) is 6.68. The van der Waals surface area contributed by atoms with Crippen molar-refractivity contribution in [1.82, 2.24) is 4.90 Å². The number of amides is 1. The standard InChI is InChI=1S/C23H34N2O2/c1-18(2)17-25-21-12-8-7-11-20(21)23(27-22(25)26)13-15-24(16-14-23)19-9-5-3-4-6-10-19/h7-8,11-12,18-19H,3-6,9-10,13-17H2,1-2H3. The molecule has 148 valence electrons. The molecule has 0 atom stereocenters. The first-order chi connectivity index (χ1) is 13.1. The van der Waals surface area contributed by atoms with Crippen LogP contribution in [0.1, 0.15) is 70.8 Å². The van der Waals surface area contributed by atoms with E-state index < -0.39 is 5.60 Å². The molecule has 4 heteroatoms. The van der Waals surface area contributed by atoms with Crippen LogP contribution in [0.4, 0.5) is 10.5 Å². The van der Waals surface area contributed by atoms with Gasteiger partial charge in [-0.1, -0.05) is 57.7 Å². The van der Waals surface area contributed by atoms with Crippen molar-refractivity contribution >= 4 is 11.8 Å². The second-order valence-electron chi connectivity index (χ2n) is 9.07. The van der Waals surface area contributed by atoms with Gasteiger partial charge in [0.05, 0.1) is 5.69 Å². The normalized spacial score (nSPS) is 24.0. The average molecular weight is 371 g/mol. The summed E-state index contributed by atoms with van der Waals surface area (Å²) in [6, 6.07) is 9.13. The molecule has 4 nitrogen and oxygen atoms in total. The van der Waals surface area contributed by atoms with Crippen molar-refractivity contribution in [2.75, 3.05) is 24.5 Å². The molecule has 27 heavy (non-hydrogen) atoms. The molecule has 1 saturated heterocycles. The Morgan fingerprint density at radius 3 is 2.41 bits per heavy atom. The first-order valence-corrected chi connectivity index (χ1v) is 10.9. The number of likely N-dealkylation sites (tertiary alicyclic amines) is 1. The molecule has 4 rings (SSSR count). The lowest BCUT2D eigenvalue weighted by Gasteiger charge is -2.48. The number of anilines is 1. The SMILES string of the molecule is CC(C)CN1C(=O)OC2(CCN(C3CCCCCC3)CC2)c2ccccc21. The Labute approximate surface area is 163 Å². The molecule has 2 fully saturated rings. The van der Waals surface area contributed by atoms with E-state index in [1.54, 1.807) is 0 Å². The molecule has 0 N–H and O–H groups in total. The van der Waals surface area contributed by atoms with Crippen molar-refractivity contribution in [3.8, 4) is 0 Å². The Kier molecular flexibility index (Phi) is 5.45. The van der Waals surface area contributed by atoms with Crippen LogP contribution in [0, 0.1) is 5.92 Å². The van der Waals surface area contributed by atoms with E-state index in [1.807, 2.05) is 11.0 Å². The highest BCUT2D eigenvalue weighted by Gasteiger charge is 2.47. The molecule has 0 radical (unpaired) electrons. The van der Waals surface area contributed by atoms with Crippen molar-refractivity contribution < 1.29 is 9.53 Å². The number of nitrogens with zero attached hydrogens (tertiary/aromatic N) is 2. The summed E-state index contributed by atoms with van der Waals surface area (Å²) in [5.74, 6) is 0.414. The number of para-hydroxylation sites is 1. The predicted octanol–water partition coefficient (Wildman–Crippen LogP) is 5.31. The molecule has 1 aromatic rings. The van der Waals surface area contributed by atoms with Gasteiger partial charge >= 0.3 is 6.09 Å². The van der Waals surface area contributed by atoms with Gasteiger partial charge in [-0.3, -0.25) is 4.90 Å². The first kappa shape index (κ1) is 18.8. The number of hydrogen-bond donors (Lipinski definition) is 0. The van der Waals surface area contributed by atoms with Crippen LogP contribution in [0.3, 0.4) is 0 Å². The average Bonchev–Trinajstić information content (AvgIpc) is 2.95. The number of carbonyl (C=O) groups excluding carboxylic acids is 1.